The first-order valence-electron chi connectivity index (χ1n) is 7.43. The van der Waals surface area contributed by atoms with E-state index in [2.05, 4.69) is 18.2 Å². The molecule has 1 fully saturated rings. The third kappa shape index (κ3) is 5.42. The Morgan fingerprint density at radius 3 is 2.65 bits per heavy atom. The lowest BCUT2D eigenvalue weighted by atomic mass is 9.91. The molecule has 4 heteroatoms. The number of carbonyl (C=O) groups is 1. The van der Waals surface area contributed by atoms with Crippen LogP contribution < -0.4 is 5.32 Å². The Morgan fingerprint density at radius 2 is 2.10 bits per heavy atom. The van der Waals surface area contributed by atoms with Crippen LogP contribution in [-0.2, 0) is 4.74 Å². The maximum Gasteiger partial charge on any atom is 0.410 e. The summed E-state index contributed by atoms with van der Waals surface area (Å²) in [6.45, 7) is 11.3. The van der Waals surface area contributed by atoms with E-state index in [1.807, 2.05) is 32.6 Å². The molecular formula is C16H28N2O2. The van der Waals surface area contributed by atoms with Crippen molar-refractivity contribution < 1.29 is 9.53 Å². The van der Waals surface area contributed by atoms with Crippen LogP contribution in [0.25, 0.3) is 0 Å². The van der Waals surface area contributed by atoms with Crippen LogP contribution in [0.2, 0.25) is 0 Å². The molecule has 4 nitrogen and oxygen atoms in total. The monoisotopic (exact) mass is 280 g/mol. The van der Waals surface area contributed by atoms with Crippen molar-refractivity contribution in [3.05, 3.63) is 0 Å². The number of nitrogens with one attached hydrogen (secondary N) is 1. The zero-order chi connectivity index (χ0) is 15.3. The molecule has 1 rings (SSSR count). The molecule has 114 valence electrons. The van der Waals surface area contributed by atoms with E-state index in [1.54, 1.807) is 0 Å². The summed E-state index contributed by atoms with van der Waals surface area (Å²) in [7, 11) is 0. The highest BCUT2D eigenvalue weighted by Gasteiger charge is 2.30. The van der Waals surface area contributed by atoms with E-state index in [1.165, 1.54) is 0 Å². The van der Waals surface area contributed by atoms with E-state index >= 15 is 0 Å². The Hall–Kier alpha value is -1.21. The van der Waals surface area contributed by atoms with Crippen LogP contribution in [0.4, 0.5) is 4.79 Å². The molecule has 0 aromatic rings. The molecule has 1 aliphatic heterocycles. The fourth-order valence-corrected chi connectivity index (χ4v) is 2.49. The highest BCUT2D eigenvalue weighted by molar-refractivity contribution is 5.68. The topological polar surface area (TPSA) is 41.6 Å². The summed E-state index contributed by atoms with van der Waals surface area (Å²) in [6, 6.07) is 0.355. The molecule has 0 radical (unpaired) electrons. The maximum atomic E-state index is 12.1. The summed E-state index contributed by atoms with van der Waals surface area (Å²) < 4.78 is 5.44. The predicted octanol–water partition coefficient (Wildman–Crippen LogP) is 2.63. The number of likely N-dealkylation sites (tertiary alicyclic amines) is 1. The molecule has 20 heavy (non-hydrogen) atoms. The van der Waals surface area contributed by atoms with Crippen molar-refractivity contribution in [2.75, 3.05) is 13.1 Å². The second-order valence-corrected chi connectivity index (χ2v) is 6.67. The minimum Gasteiger partial charge on any atom is -0.444 e. The molecule has 3 atom stereocenters. The Morgan fingerprint density at radius 1 is 1.45 bits per heavy atom. The second kappa shape index (κ2) is 6.99. The number of carbonyl (C=O) groups excluding carboxylic acids is 1. The molecular weight excluding hydrogens is 252 g/mol. The number of rotatable bonds is 3. The van der Waals surface area contributed by atoms with E-state index in [-0.39, 0.29) is 12.1 Å². The Balaban J connectivity index is 2.54. The standard InChI is InChI=1S/C16H28N2O2/c1-7-12(2)17-13(3)14-9-8-10-18(11-14)15(19)20-16(4,5)6/h1,12-14,17H,8-11H2,2-6H3. The van der Waals surface area contributed by atoms with Gasteiger partial charge in [-0.2, -0.15) is 0 Å². The average Bonchev–Trinajstić information content (AvgIpc) is 2.36. The molecule has 0 bridgehead atoms. The van der Waals surface area contributed by atoms with Gasteiger partial charge >= 0.3 is 6.09 Å². The first-order valence-corrected chi connectivity index (χ1v) is 7.43. The summed E-state index contributed by atoms with van der Waals surface area (Å²) in [6.07, 6.45) is 7.32. The van der Waals surface area contributed by atoms with E-state index in [9.17, 15) is 4.79 Å². The van der Waals surface area contributed by atoms with Gasteiger partial charge in [0.05, 0.1) is 6.04 Å². The largest absolute Gasteiger partial charge is 0.444 e. The maximum absolute atomic E-state index is 12.1. The lowest BCUT2D eigenvalue weighted by molar-refractivity contribution is 0.0148. The van der Waals surface area contributed by atoms with Crippen LogP contribution in [0.5, 0.6) is 0 Å². The summed E-state index contributed by atoms with van der Waals surface area (Å²) >= 11 is 0. The Labute approximate surface area is 123 Å². The number of hydrogen-bond donors (Lipinski definition) is 1. The Bertz CT molecular complexity index is 368. The Kier molecular flexibility index (Phi) is 5.88. The quantitative estimate of drug-likeness (QED) is 0.808. The van der Waals surface area contributed by atoms with Crippen molar-refractivity contribution in [2.45, 2.75) is 65.1 Å². The number of ether oxygens (including phenoxy) is 1. The van der Waals surface area contributed by atoms with Gasteiger partial charge in [0.2, 0.25) is 0 Å². The van der Waals surface area contributed by atoms with E-state index < -0.39 is 5.60 Å². The van der Waals surface area contributed by atoms with Crippen molar-refractivity contribution >= 4 is 6.09 Å². The highest BCUT2D eigenvalue weighted by Crippen LogP contribution is 2.22. The fraction of sp³-hybridized carbons (Fsp3) is 0.812. The number of nitrogens with zero attached hydrogens (tertiary/aromatic N) is 1. The molecule has 0 aliphatic carbocycles. The number of amides is 1. The smallest absolute Gasteiger partial charge is 0.410 e. The van der Waals surface area contributed by atoms with Crippen LogP contribution in [0.1, 0.15) is 47.5 Å². The lowest BCUT2D eigenvalue weighted by Crippen LogP contribution is -2.49. The SMILES string of the molecule is C#CC(C)NC(C)C1CCCN(C(=O)OC(C)(C)C)C1. The first-order chi connectivity index (χ1) is 9.23. The summed E-state index contributed by atoms with van der Waals surface area (Å²) in [5.74, 6) is 3.11. The molecule has 0 aromatic carbocycles. The fourth-order valence-electron chi connectivity index (χ4n) is 2.49. The zero-order valence-corrected chi connectivity index (χ0v) is 13.4. The van der Waals surface area contributed by atoms with Gasteiger partial charge in [-0.25, -0.2) is 4.79 Å². The van der Waals surface area contributed by atoms with Gasteiger partial charge in [0.15, 0.2) is 0 Å². The van der Waals surface area contributed by atoms with E-state index in [0.717, 1.165) is 25.9 Å². The predicted molar refractivity (Wildman–Crippen MR) is 81.4 cm³/mol. The van der Waals surface area contributed by atoms with Crippen molar-refractivity contribution in [3.63, 3.8) is 0 Å². The third-order valence-corrected chi connectivity index (χ3v) is 3.58. The normalized spacial score (nSPS) is 22.8. The molecule has 1 saturated heterocycles. The molecule has 1 amide bonds. The van der Waals surface area contributed by atoms with Crippen molar-refractivity contribution in [1.29, 1.82) is 0 Å². The van der Waals surface area contributed by atoms with Gasteiger partial charge in [-0.15, -0.1) is 6.42 Å². The van der Waals surface area contributed by atoms with Gasteiger partial charge in [-0.05, 0) is 53.4 Å². The van der Waals surface area contributed by atoms with Gasteiger partial charge in [0.25, 0.3) is 0 Å². The third-order valence-electron chi connectivity index (χ3n) is 3.58. The van der Waals surface area contributed by atoms with E-state index in [0.29, 0.717) is 12.0 Å². The van der Waals surface area contributed by atoms with Crippen molar-refractivity contribution in [1.82, 2.24) is 10.2 Å². The lowest BCUT2D eigenvalue weighted by Gasteiger charge is -2.37. The summed E-state index contributed by atoms with van der Waals surface area (Å²) in [5, 5.41) is 3.39. The van der Waals surface area contributed by atoms with Crippen LogP contribution in [0, 0.1) is 18.3 Å². The van der Waals surface area contributed by atoms with Crippen LogP contribution in [-0.4, -0.2) is 41.8 Å². The zero-order valence-electron chi connectivity index (χ0n) is 13.4. The van der Waals surface area contributed by atoms with Crippen LogP contribution in [0.3, 0.4) is 0 Å². The van der Waals surface area contributed by atoms with Gasteiger partial charge in [-0.3, -0.25) is 0 Å². The summed E-state index contributed by atoms with van der Waals surface area (Å²) in [5.41, 5.74) is -0.439. The van der Waals surface area contributed by atoms with Gasteiger partial charge in [0.1, 0.15) is 5.60 Å². The second-order valence-electron chi connectivity index (χ2n) is 6.67. The highest BCUT2D eigenvalue weighted by atomic mass is 16.6. The van der Waals surface area contributed by atoms with Crippen molar-refractivity contribution in [3.8, 4) is 12.3 Å². The number of piperidine rings is 1. The van der Waals surface area contributed by atoms with E-state index in [4.69, 9.17) is 11.2 Å². The number of hydrogen-bond acceptors (Lipinski definition) is 3. The number of terminal acetylenes is 1. The first kappa shape index (κ1) is 16.8. The molecule has 1 N–H and O–H groups in total. The molecule has 0 saturated carbocycles. The molecule has 3 unspecified atom stereocenters. The van der Waals surface area contributed by atoms with Crippen LogP contribution in [0.15, 0.2) is 0 Å². The molecule has 0 aromatic heterocycles. The minimum atomic E-state index is -0.439. The molecule has 1 aliphatic rings. The van der Waals surface area contributed by atoms with Gasteiger partial charge < -0.3 is 15.0 Å². The minimum absolute atomic E-state index is 0.0573. The molecule has 0 spiro atoms. The molecule has 1 heterocycles. The summed E-state index contributed by atoms with van der Waals surface area (Å²) in [4.78, 5) is 13.9. The van der Waals surface area contributed by atoms with Crippen LogP contribution >= 0.6 is 0 Å². The average molecular weight is 280 g/mol. The van der Waals surface area contributed by atoms with Crippen molar-refractivity contribution in [2.24, 2.45) is 5.92 Å². The van der Waals surface area contributed by atoms with Gasteiger partial charge in [0, 0.05) is 19.1 Å². The van der Waals surface area contributed by atoms with Gasteiger partial charge in [-0.1, -0.05) is 5.92 Å².